The van der Waals surface area contributed by atoms with Crippen LogP contribution in [0.15, 0.2) is 22.7 Å². The maximum Gasteiger partial charge on any atom is 0.223 e. The average Bonchev–Trinajstić information content (AvgIpc) is 2.86. The Morgan fingerprint density at radius 3 is 2.74 bits per heavy atom. The van der Waals surface area contributed by atoms with E-state index >= 15 is 0 Å². The van der Waals surface area contributed by atoms with Gasteiger partial charge in [-0.3, -0.25) is 4.79 Å². The zero-order chi connectivity index (χ0) is 15.1. The van der Waals surface area contributed by atoms with Gasteiger partial charge >= 0.3 is 0 Å². The first kappa shape index (κ1) is 17.2. The number of amides is 1. The summed E-state index contributed by atoms with van der Waals surface area (Å²) in [6.07, 6.45) is 6.72. The molecule has 0 radical (unpaired) electrons. The maximum atomic E-state index is 12.7. The SMILES string of the molecule is Cl.O=C(CC1CC2CCC(C1)N2)N1CCc2cccc(Br)c2C1. The lowest BCUT2D eigenvalue weighted by molar-refractivity contribution is -0.133. The second-order valence-electron chi connectivity index (χ2n) is 7.12. The molecule has 23 heavy (non-hydrogen) atoms. The summed E-state index contributed by atoms with van der Waals surface area (Å²) in [5.74, 6) is 0.944. The van der Waals surface area contributed by atoms with Crippen molar-refractivity contribution in [2.24, 2.45) is 5.92 Å². The number of carbonyl (C=O) groups excluding carboxylic acids is 1. The molecule has 1 amide bonds. The molecule has 0 aliphatic carbocycles. The summed E-state index contributed by atoms with van der Waals surface area (Å²) in [6, 6.07) is 7.70. The molecule has 1 N–H and O–H groups in total. The standard InChI is InChI=1S/C18H23BrN2O.ClH/c19-17-3-1-2-13-6-7-21(11-16(13)17)18(22)10-12-8-14-4-5-15(9-12)20-14;/h1-3,12,14-15,20H,4-11H2;1H. The van der Waals surface area contributed by atoms with Gasteiger partial charge in [0.1, 0.15) is 0 Å². The lowest BCUT2D eigenvalue weighted by Crippen LogP contribution is -2.41. The fraction of sp³-hybridized carbons (Fsp3) is 0.611. The minimum absolute atomic E-state index is 0. The van der Waals surface area contributed by atoms with Crippen LogP contribution in [-0.2, 0) is 17.8 Å². The number of fused-ring (bicyclic) bond motifs is 3. The summed E-state index contributed by atoms with van der Waals surface area (Å²) < 4.78 is 1.14. The van der Waals surface area contributed by atoms with Gasteiger partial charge in [0.2, 0.25) is 5.91 Å². The van der Waals surface area contributed by atoms with Crippen molar-refractivity contribution in [1.82, 2.24) is 10.2 Å². The number of piperidine rings is 1. The Balaban J connectivity index is 0.00000156. The first-order valence-corrected chi connectivity index (χ1v) is 9.28. The summed E-state index contributed by atoms with van der Waals surface area (Å²) in [5.41, 5.74) is 2.69. The number of nitrogens with zero attached hydrogens (tertiary/aromatic N) is 1. The van der Waals surface area contributed by atoms with Gasteiger partial charge in [-0.2, -0.15) is 0 Å². The van der Waals surface area contributed by atoms with Crippen molar-refractivity contribution in [2.75, 3.05) is 6.54 Å². The van der Waals surface area contributed by atoms with Crippen molar-refractivity contribution in [3.05, 3.63) is 33.8 Å². The van der Waals surface area contributed by atoms with Gasteiger partial charge in [0, 0.05) is 36.1 Å². The van der Waals surface area contributed by atoms with Gasteiger partial charge in [0.15, 0.2) is 0 Å². The van der Waals surface area contributed by atoms with E-state index in [2.05, 4.69) is 44.3 Å². The predicted octanol–water partition coefficient (Wildman–Crippen LogP) is 3.68. The third kappa shape index (κ3) is 3.59. The molecule has 1 aromatic rings. The van der Waals surface area contributed by atoms with E-state index in [1.165, 1.54) is 36.8 Å². The molecule has 3 aliphatic heterocycles. The number of rotatable bonds is 2. The van der Waals surface area contributed by atoms with Crippen LogP contribution in [0.1, 0.15) is 43.2 Å². The topological polar surface area (TPSA) is 32.3 Å². The summed E-state index contributed by atoms with van der Waals surface area (Å²) in [4.78, 5) is 14.8. The van der Waals surface area contributed by atoms with E-state index in [4.69, 9.17) is 0 Å². The van der Waals surface area contributed by atoms with E-state index in [0.29, 0.717) is 23.9 Å². The normalized spacial score (nSPS) is 28.9. The molecule has 2 atom stereocenters. The first-order valence-electron chi connectivity index (χ1n) is 8.49. The molecule has 3 nitrogen and oxygen atoms in total. The van der Waals surface area contributed by atoms with Crippen LogP contribution in [0.5, 0.6) is 0 Å². The quantitative estimate of drug-likeness (QED) is 0.823. The van der Waals surface area contributed by atoms with Crippen molar-refractivity contribution in [3.63, 3.8) is 0 Å². The van der Waals surface area contributed by atoms with E-state index < -0.39 is 0 Å². The van der Waals surface area contributed by atoms with Crippen molar-refractivity contribution in [1.29, 1.82) is 0 Å². The maximum absolute atomic E-state index is 12.7. The molecule has 2 saturated heterocycles. The second-order valence-corrected chi connectivity index (χ2v) is 7.98. The Morgan fingerprint density at radius 2 is 2.00 bits per heavy atom. The highest BCUT2D eigenvalue weighted by atomic mass is 79.9. The molecule has 2 bridgehead atoms. The highest BCUT2D eigenvalue weighted by Crippen LogP contribution is 2.34. The molecule has 5 heteroatoms. The van der Waals surface area contributed by atoms with Crippen LogP contribution in [0.3, 0.4) is 0 Å². The third-order valence-corrected chi connectivity index (χ3v) is 6.35. The number of hydrogen-bond donors (Lipinski definition) is 1. The van der Waals surface area contributed by atoms with Gasteiger partial charge in [0.25, 0.3) is 0 Å². The summed E-state index contributed by atoms with van der Waals surface area (Å²) in [5, 5.41) is 3.66. The van der Waals surface area contributed by atoms with Crippen molar-refractivity contribution >= 4 is 34.2 Å². The number of carbonyl (C=O) groups is 1. The number of halogens is 2. The average molecular weight is 400 g/mol. The minimum atomic E-state index is 0. The number of benzene rings is 1. The Morgan fingerprint density at radius 1 is 1.26 bits per heavy atom. The Labute approximate surface area is 152 Å². The summed E-state index contributed by atoms with van der Waals surface area (Å²) in [6.45, 7) is 1.65. The molecule has 4 rings (SSSR count). The molecule has 3 heterocycles. The van der Waals surface area contributed by atoms with Gasteiger partial charge in [-0.05, 0) is 55.2 Å². The highest BCUT2D eigenvalue weighted by molar-refractivity contribution is 9.10. The molecule has 0 saturated carbocycles. The van der Waals surface area contributed by atoms with E-state index in [0.717, 1.165) is 30.4 Å². The monoisotopic (exact) mass is 398 g/mol. The van der Waals surface area contributed by atoms with Crippen LogP contribution in [0, 0.1) is 5.92 Å². The van der Waals surface area contributed by atoms with E-state index in [-0.39, 0.29) is 12.4 Å². The molecule has 3 aliphatic rings. The minimum Gasteiger partial charge on any atom is -0.338 e. The van der Waals surface area contributed by atoms with Gasteiger partial charge in [-0.1, -0.05) is 28.1 Å². The van der Waals surface area contributed by atoms with Crippen molar-refractivity contribution in [3.8, 4) is 0 Å². The fourth-order valence-electron chi connectivity index (χ4n) is 4.47. The van der Waals surface area contributed by atoms with Crippen LogP contribution >= 0.6 is 28.3 Å². The first-order chi connectivity index (χ1) is 10.7. The fourth-order valence-corrected chi connectivity index (χ4v) is 5.00. The van der Waals surface area contributed by atoms with Gasteiger partial charge in [-0.15, -0.1) is 12.4 Å². The zero-order valence-electron chi connectivity index (χ0n) is 13.3. The lowest BCUT2D eigenvalue weighted by atomic mass is 9.89. The largest absolute Gasteiger partial charge is 0.338 e. The second kappa shape index (κ2) is 7.12. The van der Waals surface area contributed by atoms with Gasteiger partial charge < -0.3 is 10.2 Å². The summed E-state index contributed by atoms with van der Waals surface area (Å²) in [7, 11) is 0. The zero-order valence-corrected chi connectivity index (χ0v) is 15.7. The van der Waals surface area contributed by atoms with E-state index in [1.807, 2.05) is 0 Å². The highest BCUT2D eigenvalue weighted by Gasteiger charge is 2.35. The molecule has 1 aromatic carbocycles. The third-order valence-electron chi connectivity index (χ3n) is 5.60. The van der Waals surface area contributed by atoms with Gasteiger partial charge in [0.05, 0.1) is 0 Å². The van der Waals surface area contributed by atoms with Crippen molar-refractivity contribution < 1.29 is 4.79 Å². The van der Waals surface area contributed by atoms with Crippen LogP contribution in [0.4, 0.5) is 0 Å². The van der Waals surface area contributed by atoms with Crippen LogP contribution in [-0.4, -0.2) is 29.4 Å². The predicted molar refractivity (Wildman–Crippen MR) is 97.8 cm³/mol. The molecular weight excluding hydrogens is 376 g/mol. The van der Waals surface area contributed by atoms with Crippen LogP contribution < -0.4 is 5.32 Å². The van der Waals surface area contributed by atoms with E-state index in [1.54, 1.807) is 0 Å². The van der Waals surface area contributed by atoms with Crippen LogP contribution in [0.2, 0.25) is 0 Å². The number of nitrogens with one attached hydrogen (secondary N) is 1. The van der Waals surface area contributed by atoms with E-state index in [9.17, 15) is 4.79 Å². The smallest absolute Gasteiger partial charge is 0.223 e. The molecule has 126 valence electrons. The summed E-state index contributed by atoms with van der Waals surface area (Å²) >= 11 is 3.63. The molecular formula is C18H24BrClN2O. The van der Waals surface area contributed by atoms with Crippen molar-refractivity contribution in [2.45, 2.75) is 57.2 Å². The van der Waals surface area contributed by atoms with Gasteiger partial charge in [-0.25, -0.2) is 0 Å². The Bertz CT molecular complexity index is 582. The molecule has 0 aromatic heterocycles. The Hall–Kier alpha value is -0.580. The molecule has 2 fully saturated rings. The van der Waals surface area contributed by atoms with Crippen LogP contribution in [0.25, 0.3) is 0 Å². The lowest BCUT2D eigenvalue weighted by Gasteiger charge is -2.33. The molecule has 0 spiro atoms. The molecule has 2 unspecified atom stereocenters. The Kier molecular flexibility index (Phi) is 5.34. The number of hydrogen-bond acceptors (Lipinski definition) is 2.